The highest BCUT2D eigenvalue weighted by Gasteiger charge is 2.26. The van der Waals surface area contributed by atoms with Gasteiger partial charge in [-0.3, -0.25) is 0 Å². The first-order chi connectivity index (χ1) is 8.45. The summed E-state index contributed by atoms with van der Waals surface area (Å²) in [5.74, 6) is 1.03. The lowest BCUT2D eigenvalue weighted by Gasteiger charge is -2.25. The standard InChI is InChI=1S/C14H15N3/c1-2-5-12(6-3-1)13-7-4-10-17(13)14-8-9-15-11-16-14/h1-3,5-6,8-9,11,13H,4,7,10H2. The second-order valence-electron chi connectivity index (χ2n) is 4.33. The zero-order valence-corrected chi connectivity index (χ0v) is 9.66. The summed E-state index contributed by atoms with van der Waals surface area (Å²) in [6, 6.07) is 13.1. The number of hydrogen-bond donors (Lipinski definition) is 0. The van der Waals surface area contributed by atoms with Crippen molar-refractivity contribution in [1.29, 1.82) is 0 Å². The molecule has 0 amide bonds. The van der Waals surface area contributed by atoms with E-state index in [1.165, 1.54) is 18.4 Å². The molecule has 0 radical (unpaired) electrons. The van der Waals surface area contributed by atoms with E-state index >= 15 is 0 Å². The van der Waals surface area contributed by atoms with Gasteiger partial charge in [0.2, 0.25) is 0 Å². The lowest BCUT2D eigenvalue weighted by molar-refractivity contribution is 0.710. The van der Waals surface area contributed by atoms with Gasteiger partial charge in [0, 0.05) is 12.7 Å². The van der Waals surface area contributed by atoms with Crippen LogP contribution in [0.15, 0.2) is 48.9 Å². The van der Waals surface area contributed by atoms with Crippen molar-refractivity contribution in [2.24, 2.45) is 0 Å². The van der Waals surface area contributed by atoms with Crippen LogP contribution in [0.25, 0.3) is 0 Å². The van der Waals surface area contributed by atoms with E-state index in [4.69, 9.17) is 0 Å². The third kappa shape index (κ3) is 2.00. The molecule has 1 unspecified atom stereocenters. The Labute approximate surface area is 101 Å². The molecule has 1 atom stereocenters. The lowest BCUT2D eigenvalue weighted by Crippen LogP contribution is -2.23. The summed E-state index contributed by atoms with van der Waals surface area (Å²) < 4.78 is 0. The van der Waals surface area contributed by atoms with Crippen LogP contribution in [0.5, 0.6) is 0 Å². The summed E-state index contributed by atoms with van der Waals surface area (Å²) in [5, 5.41) is 0. The number of anilines is 1. The highest BCUT2D eigenvalue weighted by Crippen LogP contribution is 2.34. The molecule has 1 aromatic heterocycles. The van der Waals surface area contributed by atoms with Gasteiger partial charge in [-0.05, 0) is 24.5 Å². The van der Waals surface area contributed by atoms with Crippen LogP contribution in [-0.4, -0.2) is 16.5 Å². The highest BCUT2D eigenvalue weighted by molar-refractivity contribution is 5.42. The van der Waals surface area contributed by atoms with Gasteiger partial charge in [-0.25, -0.2) is 9.97 Å². The summed E-state index contributed by atoms with van der Waals surface area (Å²) in [6.45, 7) is 1.08. The van der Waals surface area contributed by atoms with Crippen molar-refractivity contribution in [2.75, 3.05) is 11.4 Å². The minimum absolute atomic E-state index is 0.464. The molecule has 0 saturated carbocycles. The Hall–Kier alpha value is -1.90. The van der Waals surface area contributed by atoms with Crippen LogP contribution in [-0.2, 0) is 0 Å². The normalized spacial score (nSPS) is 19.5. The minimum Gasteiger partial charge on any atom is -0.349 e. The van der Waals surface area contributed by atoms with E-state index in [0.29, 0.717) is 6.04 Å². The van der Waals surface area contributed by atoms with E-state index in [-0.39, 0.29) is 0 Å². The Balaban J connectivity index is 1.91. The monoisotopic (exact) mass is 225 g/mol. The summed E-state index contributed by atoms with van der Waals surface area (Å²) in [4.78, 5) is 10.7. The fraction of sp³-hybridized carbons (Fsp3) is 0.286. The fourth-order valence-electron chi connectivity index (χ4n) is 2.52. The summed E-state index contributed by atoms with van der Waals surface area (Å²) in [6.07, 6.45) is 5.86. The zero-order valence-electron chi connectivity index (χ0n) is 9.66. The zero-order chi connectivity index (χ0) is 11.5. The molecule has 1 aliphatic heterocycles. The van der Waals surface area contributed by atoms with Crippen LogP contribution in [0.4, 0.5) is 5.82 Å². The van der Waals surface area contributed by atoms with Gasteiger partial charge >= 0.3 is 0 Å². The topological polar surface area (TPSA) is 29.0 Å². The van der Waals surface area contributed by atoms with E-state index in [9.17, 15) is 0 Å². The van der Waals surface area contributed by atoms with Crippen LogP contribution in [0.1, 0.15) is 24.4 Å². The average Bonchev–Trinajstić information content (AvgIpc) is 2.90. The van der Waals surface area contributed by atoms with E-state index in [1.807, 2.05) is 12.3 Å². The van der Waals surface area contributed by atoms with Gasteiger partial charge in [0.25, 0.3) is 0 Å². The molecule has 0 spiro atoms. The van der Waals surface area contributed by atoms with Crippen molar-refractivity contribution in [2.45, 2.75) is 18.9 Å². The van der Waals surface area contributed by atoms with Gasteiger partial charge in [-0.1, -0.05) is 30.3 Å². The Morgan fingerprint density at radius 3 is 2.76 bits per heavy atom. The minimum atomic E-state index is 0.464. The lowest BCUT2D eigenvalue weighted by atomic mass is 10.0. The second kappa shape index (κ2) is 4.53. The quantitative estimate of drug-likeness (QED) is 0.787. The molecule has 1 fully saturated rings. The first-order valence-corrected chi connectivity index (χ1v) is 6.03. The van der Waals surface area contributed by atoms with Crippen LogP contribution in [0, 0.1) is 0 Å². The molecule has 0 bridgehead atoms. The van der Waals surface area contributed by atoms with Crippen LogP contribution >= 0.6 is 0 Å². The molecule has 0 aliphatic carbocycles. The molecular formula is C14H15N3. The predicted molar refractivity (Wildman–Crippen MR) is 67.8 cm³/mol. The Morgan fingerprint density at radius 2 is 2.00 bits per heavy atom. The molecule has 86 valence electrons. The van der Waals surface area contributed by atoms with Crippen molar-refractivity contribution in [1.82, 2.24) is 9.97 Å². The smallest absolute Gasteiger partial charge is 0.132 e. The number of hydrogen-bond acceptors (Lipinski definition) is 3. The predicted octanol–water partition coefficient (Wildman–Crippen LogP) is 2.82. The molecular weight excluding hydrogens is 210 g/mol. The van der Waals surface area contributed by atoms with Crippen LogP contribution < -0.4 is 4.90 Å². The summed E-state index contributed by atoms with van der Waals surface area (Å²) in [7, 11) is 0. The molecule has 2 heterocycles. The van der Waals surface area contributed by atoms with Crippen molar-refractivity contribution in [3.8, 4) is 0 Å². The number of rotatable bonds is 2. The van der Waals surface area contributed by atoms with Crippen LogP contribution in [0.3, 0.4) is 0 Å². The molecule has 2 aromatic rings. The maximum atomic E-state index is 4.35. The largest absolute Gasteiger partial charge is 0.349 e. The van der Waals surface area contributed by atoms with Crippen molar-refractivity contribution < 1.29 is 0 Å². The maximum absolute atomic E-state index is 4.35. The van der Waals surface area contributed by atoms with Crippen molar-refractivity contribution >= 4 is 5.82 Å². The third-order valence-corrected chi connectivity index (χ3v) is 3.30. The van der Waals surface area contributed by atoms with Gasteiger partial charge in [0.15, 0.2) is 0 Å². The van der Waals surface area contributed by atoms with Crippen LogP contribution in [0.2, 0.25) is 0 Å². The van der Waals surface area contributed by atoms with E-state index in [0.717, 1.165) is 12.4 Å². The average molecular weight is 225 g/mol. The molecule has 17 heavy (non-hydrogen) atoms. The van der Waals surface area contributed by atoms with Gasteiger partial charge in [-0.2, -0.15) is 0 Å². The highest BCUT2D eigenvalue weighted by atomic mass is 15.2. The second-order valence-corrected chi connectivity index (χ2v) is 4.33. The van der Waals surface area contributed by atoms with E-state index in [2.05, 4.69) is 45.2 Å². The van der Waals surface area contributed by atoms with Gasteiger partial charge < -0.3 is 4.90 Å². The Morgan fingerprint density at radius 1 is 1.12 bits per heavy atom. The third-order valence-electron chi connectivity index (χ3n) is 3.30. The summed E-state index contributed by atoms with van der Waals surface area (Å²) in [5.41, 5.74) is 1.38. The number of benzene rings is 1. The summed E-state index contributed by atoms with van der Waals surface area (Å²) >= 11 is 0. The Bertz CT molecular complexity index is 424. The molecule has 0 N–H and O–H groups in total. The number of aromatic nitrogens is 2. The fourth-order valence-corrected chi connectivity index (χ4v) is 2.52. The van der Waals surface area contributed by atoms with Crippen molar-refractivity contribution in [3.05, 3.63) is 54.5 Å². The van der Waals surface area contributed by atoms with E-state index < -0.39 is 0 Å². The van der Waals surface area contributed by atoms with Gasteiger partial charge in [-0.15, -0.1) is 0 Å². The first kappa shape index (κ1) is 10.3. The van der Waals surface area contributed by atoms with Gasteiger partial charge in [0.1, 0.15) is 12.1 Å². The molecule has 1 saturated heterocycles. The molecule has 3 rings (SSSR count). The van der Waals surface area contributed by atoms with Gasteiger partial charge in [0.05, 0.1) is 6.04 Å². The number of nitrogens with zero attached hydrogens (tertiary/aromatic N) is 3. The Kier molecular flexibility index (Phi) is 2.74. The first-order valence-electron chi connectivity index (χ1n) is 6.03. The molecule has 3 heteroatoms. The molecule has 1 aliphatic rings. The van der Waals surface area contributed by atoms with E-state index in [1.54, 1.807) is 6.33 Å². The molecule has 3 nitrogen and oxygen atoms in total. The van der Waals surface area contributed by atoms with Crippen molar-refractivity contribution in [3.63, 3.8) is 0 Å². The maximum Gasteiger partial charge on any atom is 0.132 e. The molecule has 1 aromatic carbocycles. The SMILES string of the molecule is c1ccc(C2CCCN2c2ccncn2)cc1.